The topological polar surface area (TPSA) is 24.5 Å². The Balaban J connectivity index is 1.83. The zero-order valence-electron chi connectivity index (χ0n) is 11.5. The van der Waals surface area contributed by atoms with Gasteiger partial charge in [0.15, 0.2) is 0 Å². The maximum Gasteiger partial charge on any atom is 0.0586 e. The summed E-state index contributed by atoms with van der Waals surface area (Å²) in [7, 11) is 1.86. The van der Waals surface area contributed by atoms with E-state index in [1.807, 2.05) is 7.11 Å². The zero-order chi connectivity index (χ0) is 12.1. The molecule has 1 saturated carbocycles. The van der Waals surface area contributed by atoms with Gasteiger partial charge in [-0.2, -0.15) is 0 Å². The van der Waals surface area contributed by atoms with Gasteiger partial charge in [-0.3, -0.25) is 4.90 Å². The summed E-state index contributed by atoms with van der Waals surface area (Å²) in [6, 6.07) is 1.49. The molecule has 0 aromatic heterocycles. The lowest BCUT2D eigenvalue weighted by molar-refractivity contribution is 0.0272. The molecule has 100 valence electrons. The van der Waals surface area contributed by atoms with Crippen molar-refractivity contribution in [2.75, 3.05) is 26.7 Å². The van der Waals surface area contributed by atoms with Gasteiger partial charge in [-0.15, -0.1) is 0 Å². The molecule has 0 aromatic carbocycles. The van der Waals surface area contributed by atoms with Crippen LogP contribution in [0.4, 0.5) is 0 Å². The molecule has 3 nitrogen and oxygen atoms in total. The Morgan fingerprint density at radius 1 is 1.24 bits per heavy atom. The van der Waals surface area contributed by atoms with Gasteiger partial charge in [0.2, 0.25) is 0 Å². The summed E-state index contributed by atoms with van der Waals surface area (Å²) in [6.45, 7) is 5.93. The second-order valence-electron chi connectivity index (χ2n) is 5.56. The van der Waals surface area contributed by atoms with Crippen molar-refractivity contribution in [2.24, 2.45) is 0 Å². The first-order valence-electron chi connectivity index (χ1n) is 7.33. The Bertz CT molecular complexity index is 216. The third-order valence-electron chi connectivity index (χ3n) is 4.47. The molecule has 1 aliphatic heterocycles. The summed E-state index contributed by atoms with van der Waals surface area (Å²) in [5, 5.41) is 3.61. The Hall–Kier alpha value is -0.120. The summed E-state index contributed by atoms with van der Waals surface area (Å²) in [6.07, 6.45) is 8.39. The fourth-order valence-corrected chi connectivity index (χ4v) is 3.40. The lowest BCUT2D eigenvalue weighted by Gasteiger charge is -2.37. The van der Waals surface area contributed by atoms with Crippen molar-refractivity contribution >= 4 is 0 Å². The molecule has 2 fully saturated rings. The molecule has 17 heavy (non-hydrogen) atoms. The molecule has 1 aliphatic carbocycles. The smallest absolute Gasteiger partial charge is 0.0586 e. The molecule has 0 radical (unpaired) electrons. The van der Waals surface area contributed by atoms with Crippen LogP contribution in [-0.2, 0) is 4.74 Å². The van der Waals surface area contributed by atoms with E-state index in [2.05, 4.69) is 17.1 Å². The van der Waals surface area contributed by atoms with Gasteiger partial charge < -0.3 is 10.1 Å². The van der Waals surface area contributed by atoms with Crippen LogP contribution >= 0.6 is 0 Å². The fraction of sp³-hybridized carbons (Fsp3) is 1.00. The van der Waals surface area contributed by atoms with Crippen LogP contribution in [0.2, 0.25) is 0 Å². The highest BCUT2D eigenvalue weighted by Crippen LogP contribution is 2.25. The van der Waals surface area contributed by atoms with Crippen LogP contribution in [0.15, 0.2) is 0 Å². The van der Waals surface area contributed by atoms with Crippen molar-refractivity contribution in [2.45, 2.75) is 63.6 Å². The van der Waals surface area contributed by atoms with Gasteiger partial charge in [-0.25, -0.2) is 0 Å². The van der Waals surface area contributed by atoms with E-state index < -0.39 is 0 Å². The lowest BCUT2D eigenvalue weighted by atomic mass is 9.91. The van der Waals surface area contributed by atoms with Gasteiger partial charge in [0, 0.05) is 25.7 Å². The number of likely N-dealkylation sites (N-methyl/N-ethyl adjacent to an activating group) is 1. The predicted octanol–water partition coefficient (Wildman–Crippen LogP) is 2.02. The number of hydrogen-bond donors (Lipinski definition) is 1. The van der Waals surface area contributed by atoms with E-state index in [0.717, 1.165) is 12.1 Å². The van der Waals surface area contributed by atoms with E-state index in [9.17, 15) is 0 Å². The van der Waals surface area contributed by atoms with Crippen molar-refractivity contribution in [3.05, 3.63) is 0 Å². The quantitative estimate of drug-likeness (QED) is 0.795. The van der Waals surface area contributed by atoms with Crippen LogP contribution in [0.5, 0.6) is 0 Å². The Morgan fingerprint density at radius 2 is 2.12 bits per heavy atom. The largest absolute Gasteiger partial charge is 0.381 e. The minimum absolute atomic E-state index is 0.499. The number of nitrogens with one attached hydrogen (secondary N) is 1. The van der Waals surface area contributed by atoms with Crippen LogP contribution in [-0.4, -0.2) is 49.8 Å². The number of nitrogens with zero attached hydrogens (tertiary/aromatic N) is 1. The van der Waals surface area contributed by atoms with E-state index in [1.165, 1.54) is 58.2 Å². The predicted molar refractivity (Wildman–Crippen MR) is 71.3 cm³/mol. The van der Waals surface area contributed by atoms with Gasteiger partial charge in [0.25, 0.3) is 0 Å². The Kier molecular flexibility index (Phi) is 5.26. The van der Waals surface area contributed by atoms with Gasteiger partial charge in [0.1, 0.15) is 0 Å². The molecule has 0 aromatic rings. The molecular formula is C14H28N2O. The summed E-state index contributed by atoms with van der Waals surface area (Å²) in [4.78, 5) is 2.67. The molecule has 1 saturated heterocycles. The molecular weight excluding hydrogens is 212 g/mol. The Labute approximate surface area is 106 Å². The summed E-state index contributed by atoms with van der Waals surface area (Å²) in [5.41, 5.74) is 0. The molecule has 0 amide bonds. The number of methoxy groups -OCH3 is 1. The summed E-state index contributed by atoms with van der Waals surface area (Å²) >= 11 is 0. The zero-order valence-corrected chi connectivity index (χ0v) is 11.5. The van der Waals surface area contributed by atoms with E-state index in [0.29, 0.717) is 6.10 Å². The maximum atomic E-state index is 5.54. The molecule has 0 bridgehead atoms. The third-order valence-corrected chi connectivity index (χ3v) is 4.47. The minimum Gasteiger partial charge on any atom is -0.381 e. The molecule has 2 aliphatic rings. The maximum absolute atomic E-state index is 5.54. The van der Waals surface area contributed by atoms with Crippen molar-refractivity contribution < 1.29 is 4.74 Å². The van der Waals surface area contributed by atoms with Crippen LogP contribution in [0, 0.1) is 0 Å². The van der Waals surface area contributed by atoms with Crippen LogP contribution in [0.25, 0.3) is 0 Å². The standard InChI is InChI=1S/C14H28N2O/c1-3-16(11-12-6-5-9-15-12)13-7-4-8-14(10-13)17-2/h12-15H,3-11H2,1-2H3. The highest BCUT2D eigenvalue weighted by atomic mass is 16.5. The second-order valence-corrected chi connectivity index (χ2v) is 5.56. The number of ether oxygens (including phenoxy) is 1. The van der Waals surface area contributed by atoms with Crippen molar-refractivity contribution in [1.82, 2.24) is 10.2 Å². The highest BCUT2D eigenvalue weighted by Gasteiger charge is 2.27. The van der Waals surface area contributed by atoms with E-state index in [1.54, 1.807) is 0 Å². The SMILES string of the molecule is CCN(CC1CCCN1)C1CCCC(OC)C1. The third kappa shape index (κ3) is 3.67. The van der Waals surface area contributed by atoms with Gasteiger partial charge in [-0.1, -0.05) is 6.92 Å². The van der Waals surface area contributed by atoms with Crippen molar-refractivity contribution in [3.8, 4) is 0 Å². The van der Waals surface area contributed by atoms with E-state index in [4.69, 9.17) is 4.74 Å². The van der Waals surface area contributed by atoms with Gasteiger partial charge in [0.05, 0.1) is 6.10 Å². The van der Waals surface area contributed by atoms with Crippen molar-refractivity contribution in [3.63, 3.8) is 0 Å². The Morgan fingerprint density at radius 3 is 2.76 bits per heavy atom. The number of rotatable bonds is 5. The monoisotopic (exact) mass is 240 g/mol. The molecule has 3 heteroatoms. The summed E-state index contributed by atoms with van der Waals surface area (Å²) in [5.74, 6) is 0. The average Bonchev–Trinajstić information content (AvgIpc) is 2.89. The van der Waals surface area contributed by atoms with E-state index >= 15 is 0 Å². The molecule has 1 N–H and O–H groups in total. The number of hydrogen-bond acceptors (Lipinski definition) is 3. The molecule has 1 heterocycles. The molecule has 2 rings (SSSR count). The minimum atomic E-state index is 0.499. The second kappa shape index (κ2) is 6.72. The van der Waals surface area contributed by atoms with Crippen LogP contribution < -0.4 is 5.32 Å². The first kappa shape index (κ1) is 13.3. The van der Waals surface area contributed by atoms with Crippen LogP contribution in [0.3, 0.4) is 0 Å². The van der Waals surface area contributed by atoms with E-state index in [-0.39, 0.29) is 0 Å². The normalized spacial score (nSPS) is 34.4. The average molecular weight is 240 g/mol. The van der Waals surface area contributed by atoms with Gasteiger partial charge >= 0.3 is 0 Å². The highest BCUT2D eigenvalue weighted by molar-refractivity contribution is 4.84. The first-order chi connectivity index (χ1) is 8.33. The molecule has 3 atom stereocenters. The first-order valence-corrected chi connectivity index (χ1v) is 7.33. The fourth-order valence-electron chi connectivity index (χ4n) is 3.40. The molecule has 3 unspecified atom stereocenters. The molecule has 0 spiro atoms. The lowest BCUT2D eigenvalue weighted by Crippen LogP contribution is -2.46. The summed E-state index contributed by atoms with van der Waals surface area (Å²) < 4.78 is 5.54. The van der Waals surface area contributed by atoms with Crippen molar-refractivity contribution in [1.29, 1.82) is 0 Å². The van der Waals surface area contributed by atoms with Gasteiger partial charge in [-0.05, 0) is 51.6 Å². The van der Waals surface area contributed by atoms with Crippen LogP contribution in [0.1, 0.15) is 45.4 Å².